The van der Waals surface area contributed by atoms with Crippen molar-refractivity contribution in [2.75, 3.05) is 18.1 Å². The van der Waals surface area contributed by atoms with Crippen molar-refractivity contribution in [3.05, 3.63) is 53.9 Å². The van der Waals surface area contributed by atoms with Crippen LogP contribution in [0.3, 0.4) is 0 Å². The number of aromatic nitrogens is 2. The van der Waals surface area contributed by atoms with E-state index < -0.39 is 9.84 Å². The molecule has 1 atom stereocenters. The van der Waals surface area contributed by atoms with Gasteiger partial charge in [-0.15, -0.1) is 0 Å². The fraction of sp³-hybridized carbons (Fsp3) is 0.389. The summed E-state index contributed by atoms with van der Waals surface area (Å²) in [6.07, 6.45) is 3.69. The molecule has 27 heavy (non-hydrogen) atoms. The Morgan fingerprint density at radius 1 is 1.22 bits per heavy atom. The van der Waals surface area contributed by atoms with E-state index in [9.17, 15) is 18.0 Å². The maximum absolute atomic E-state index is 12.1. The Kier molecular flexibility index (Phi) is 5.90. The van der Waals surface area contributed by atoms with E-state index in [1.165, 1.54) is 6.20 Å². The zero-order valence-corrected chi connectivity index (χ0v) is 15.6. The van der Waals surface area contributed by atoms with Crippen molar-refractivity contribution in [3.8, 4) is 0 Å². The maximum Gasteiger partial charge on any atom is 0.254 e. The van der Waals surface area contributed by atoms with Crippen LogP contribution in [0.1, 0.15) is 28.8 Å². The Morgan fingerprint density at radius 2 is 2.00 bits per heavy atom. The van der Waals surface area contributed by atoms with Crippen molar-refractivity contribution in [2.24, 2.45) is 0 Å². The van der Waals surface area contributed by atoms with E-state index >= 15 is 0 Å². The standard InChI is InChI=1S/C18H22N4O4S/c23-17(21-16-7-9-27(25,26)13-16)6-8-19-18(24)15-10-20-22(12-15)11-14-4-2-1-3-5-14/h1-5,10,12,16H,6-9,11,13H2,(H,19,24)(H,21,23)/t16-/m0/s1. The first-order valence-electron chi connectivity index (χ1n) is 8.76. The lowest BCUT2D eigenvalue weighted by molar-refractivity contribution is -0.121. The van der Waals surface area contributed by atoms with Gasteiger partial charge in [0.15, 0.2) is 9.84 Å². The Morgan fingerprint density at radius 3 is 2.70 bits per heavy atom. The third-order valence-electron chi connectivity index (χ3n) is 4.32. The molecule has 144 valence electrons. The van der Waals surface area contributed by atoms with Gasteiger partial charge in [0.05, 0.1) is 29.8 Å². The molecule has 0 unspecified atom stereocenters. The van der Waals surface area contributed by atoms with Crippen LogP contribution in [0, 0.1) is 0 Å². The third kappa shape index (κ3) is 5.65. The quantitative estimate of drug-likeness (QED) is 0.709. The van der Waals surface area contributed by atoms with Crippen molar-refractivity contribution in [3.63, 3.8) is 0 Å². The first-order valence-corrected chi connectivity index (χ1v) is 10.6. The first kappa shape index (κ1) is 19.1. The van der Waals surface area contributed by atoms with Crippen LogP contribution >= 0.6 is 0 Å². The fourth-order valence-corrected chi connectivity index (χ4v) is 4.61. The molecule has 1 fully saturated rings. The number of benzene rings is 1. The Bertz CT molecular complexity index is 908. The lowest BCUT2D eigenvalue weighted by Gasteiger charge is -2.10. The number of hydrogen-bond acceptors (Lipinski definition) is 5. The molecule has 1 saturated heterocycles. The summed E-state index contributed by atoms with van der Waals surface area (Å²) in [5, 5.41) is 9.55. The van der Waals surface area contributed by atoms with Gasteiger partial charge >= 0.3 is 0 Å². The molecule has 0 bridgehead atoms. The van der Waals surface area contributed by atoms with Crippen LogP contribution in [0.15, 0.2) is 42.7 Å². The summed E-state index contributed by atoms with van der Waals surface area (Å²) < 4.78 is 24.4. The number of rotatable bonds is 7. The monoisotopic (exact) mass is 390 g/mol. The maximum atomic E-state index is 12.1. The first-order chi connectivity index (χ1) is 12.9. The zero-order chi connectivity index (χ0) is 19.3. The molecule has 0 aliphatic carbocycles. The second-order valence-corrected chi connectivity index (χ2v) is 8.81. The molecule has 8 nitrogen and oxygen atoms in total. The van der Waals surface area contributed by atoms with Gasteiger partial charge in [0.25, 0.3) is 5.91 Å². The molecule has 1 aromatic heterocycles. The molecule has 3 rings (SSSR count). The largest absolute Gasteiger partial charge is 0.352 e. The van der Waals surface area contributed by atoms with Gasteiger partial charge in [-0.05, 0) is 12.0 Å². The normalized spacial score (nSPS) is 18.1. The highest BCUT2D eigenvalue weighted by Crippen LogP contribution is 2.11. The van der Waals surface area contributed by atoms with Crippen LogP contribution in [0.25, 0.3) is 0 Å². The highest BCUT2D eigenvalue weighted by atomic mass is 32.2. The second kappa shape index (κ2) is 8.34. The molecule has 2 aromatic rings. The minimum Gasteiger partial charge on any atom is -0.352 e. The van der Waals surface area contributed by atoms with Gasteiger partial charge in [-0.3, -0.25) is 14.3 Å². The molecule has 0 spiro atoms. The lowest BCUT2D eigenvalue weighted by atomic mass is 10.2. The van der Waals surface area contributed by atoms with Crippen molar-refractivity contribution in [2.45, 2.75) is 25.4 Å². The molecular formula is C18H22N4O4S. The second-order valence-electron chi connectivity index (χ2n) is 6.59. The van der Waals surface area contributed by atoms with Crippen molar-refractivity contribution in [1.29, 1.82) is 0 Å². The number of hydrogen-bond donors (Lipinski definition) is 2. The molecule has 1 aromatic carbocycles. The minimum atomic E-state index is -3.03. The predicted molar refractivity (Wildman–Crippen MR) is 99.9 cm³/mol. The summed E-state index contributed by atoms with van der Waals surface area (Å²) in [4.78, 5) is 24.0. The number of amides is 2. The lowest BCUT2D eigenvalue weighted by Crippen LogP contribution is -2.37. The van der Waals surface area contributed by atoms with Crippen molar-refractivity contribution in [1.82, 2.24) is 20.4 Å². The van der Waals surface area contributed by atoms with E-state index in [0.717, 1.165) is 5.56 Å². The molecule has 1 aliphatic heterocycles. The molecule has 2 amide bonds. The molecule has 0 radical (unpaired) electrons. The summed E-state index contributed by atoms with van der Waals surface area (Å²) in [5.74, 6) is -0.462. The van der Waals surface area contributed by atoms with Gasteiger partial charge < -0.3 is 10.6 Å². The van der Waals surface area contributed by atoms with E-state index in [4.69, 9.17) is 0 Å². The number of carbonyl (C=O) groups is 2. The van der Waals surface area contributed by atoms with Crippen molar-refractivity contribution >= 4 is 21.7 Å². The van der Waals surface area contributed by atoms with Crippen LogP contribution in [-0.4, -0.2) is 54.1 Å². The minimum absolute atomic E-state index is 0.00824. The smallest absolute Gasteiger partial charge is 0.254 e. The summed E-state index contributed by atoms with van der Waals surface area (Å²) in [6, 6.07) is 9.46. The Hall–Kier alpha value is -2.68. The summed E-state index contributed by atoms with van der Waals surface area (Å²) in [5.41, 5.74) is 1.51. The van der Waals surface area contributed by atoms with Gasteiger partial charge in [0.1, 0.15) is 0 Å². The highest BCUT2D eigenvalue weighted by molar-refractivity contribution is 7.91. The third-order valence-corrected chi connectivity index (χ3v) is 6.09. The van der Waals surface area contributed by atoms with E-state index in [-0.39, 0.29) is 42.3 Å². The number of nitrogens with one attached hydrogen (secondary N) is 2. The molecule has 1 aliphatic rings. The summed E-state index contributed by atoms with van der Waals surface area (Å²) in [6.45, 7) is 0.745. The molecule has 2 N–H and O–H groups in total. The van der Waals surface area contributed by atoms with Gasteiger partial charge in [-0.2, -0.15) is 5.10 Å². The van der Waals surface area contributed by atoms with Crippen molar-refractivity contribution < 1.29 is 18.0 Å². The average molecular weight is 390 g/mol. The van der Waals surface area contributed by atoms with E-state index in [1.807, 2.05) is 30.3 Å². The van der Waals surface area contributed by atoms with Crippen LogP contribution < -0.4 is 10.6 Å². The highest BCUT2D eigenvalue weighted by Gasteiger charge is 2.28. The van der Waals surface area contributed by atoms with Gasteiger partial charge in [0.2, 0.25) is 5.91 Å². The molecular weight excluding hydrogens is 368 g/mol. The topological polar surface area (TPSA) is 110 Å². The zero-order valence-electron chi connectivity index (χ0n) is 14.8. The van der Waals surface area contributed by atoms with Gasteiger partial charge in [-0.1, -0.05) is 30.3 Å². The Labute approximate surface area is 157 Å². The SMILES string of the molecule is O=C(CCNC(=O)c1cnn(Cc2ccccc2)c1)N[C@H]1CCS(=O)(=O)C1. The Balaban J connectivity index is 1.41. The number of nitrogens with zero attached hydrogens (tertiary/aromatic N) is 2. The molecule has 2 heterocycles. The van der Waals surface area contributed by atoms with E-state index in [0.29, 0.717) is 18.5 Å². The van der Waals surface area contributed by atoms with E-state index in [2.05, 4.69) is 15.7 Å². The van der Waals surface area contributed by atoms with Crippen LogP contribution in [0.2, 0.25) is 0 Å². The van der Waals surface area contributed by atoms with Crippen LogP contribution in [-0.2, 0) is 21.2 Å². The van der Waals surface area contributed by atoms with Gasteiger partial charge in [0, 0.05) is 25.2 Å². The van der Waals surface area contributed by atoms with Crippen LogP contribution in [0.4, 0.5) is 0 Å². The summed E-state index contributed by atoms with van der Waals surface area (Å²) in [7, 11) is -3.03. The average Bonchev–Trinajstić information content (AvgIpc) is 3.22. The number of sulfone groups is 1. The summed E-state index contributed by atoms with van der Waals surface area (Å²) >= 11 is 0. The number of carbonyl (C=O) groups excluding carboxylic acids is 2. The van der Waals surface area contributed by atoms with E-state index in [1.54, 1.807) is 10.9 Å². The molecule has 0 saturated carbocycles. The van der Waals surface area contributed by atoms with Crippen LogP contribution in [0.5, 0.6) is 0 Å². The molecule has 9 heteroatoms. The fourth-order valence-electron chi connectivity index (χ4n) is 2.94. The van der Waals surface area contributed by atoms with Gasteiger partial charge in [-0.25, -0.2) is 8.42 Å². The predicted octanol–water partition coefficient (Wildman–Crippen LogP) is 0.355.